The molecular formula is C23H29FO6. The van der Waals surface area contributed by atoms with E-state index in [0.29, 0.717) is 35.5 Å². The minimum atomic E-state index is -0.831. The first-order chi connectivity index (χ1) is 14.1. The second kappa shape index (κ2) is 10.3. The lowest BCUT2D eigenvalue weighted by Crippen LogP contribution is -2.27. The summed E-state index contributed by atoms with van der Waals surface area (Å²) in [4.78, 5) is 11.8. The van der Waals surface area contributed by atoms with Gasteiger partial charge in [0.05, 0.1) is 20.3 Å². The molecule has 1 atom stereocenters. The van der Waals surface area contributed by atoms with Crippen molar-refractivity contribution in [3.63, 3.8) is 0 Å². The maximum atomic E-state index is 14.6. The monoisotopic (exact) mass is 420 g/mol. The van der Waals surface area contributed by atoms with E-state index in [0.717, 1.165) is 0 Å². The van der Waals surface area contributed by atoms with E-state index in [1.165, 1.54) is 14.2 Å². The largest absolute Gasteiger partial charge is 0.493 e. The quantitative estimate of drug-likeness (QED) is 0.612. The Labute approximate surface area is 176 Å². The van der Waals surface area contributed by atoms with Gasteiger partial charge in [-0.05, 0) is 62.9 Å². The second-order valence-corrected chi connectivity index (χ2v) is 7.78. The third-order valence-electron chi connectivity index (χ3n) is 4.27. The van der Waals surface area contributed by atoms with Crippen LogP contribution in [0.4, 0.5) is 4.39 Å². The van der Waals surface area contributed by atoms with Gasteiger partial charge in [0.15, 0.2) is 23.9 Å². The topological polar surface area (TPSA) is 74.2 Å². The lowest BCUT2D eigenvalue weighted by Gasteiger charge is -2.19. The molecule has 0 saturated heterocycles. The fourth-order valence-corrected chi connectivity index (χ4v) is 2.91. The molecule has 0 aliphatic rings. The van der Waals surface area contributed by atoms with E-state index in [1.807, 2.05) is 0 Å². The number of halogens is 1. The Morgan fingerprint density at radius 1 is 1.13 bits per heavy atom. The van der Waals surface area contributed by atoms with E-state index in [-0.39, 0.29) is 12.4 Å². The van der Waals surface area contributed by atoms with Crippen LogP contribution >= 0.6 is 0 Å². The fourth-order valence-electron chi connectivity index (χ4n) is 2.91. The molecular weight excluding hydrogens is 391 g/mol. The molecule has 0 heterocycles. The van der Waals surface area contributed by atoms with Crippen molar-refractivity contribution in [3.05, 3.63) is 53.3 Å². The molecule has 2 aromatic rings. The molecule has 6 nitrogen and oxygen atoms in total. The number of aliphatic hydroxyl groups excluding tert-OH is 1. The van der Waals surface area contributed by atoms with Gasteiger partial charge < -0.3 is 24.1 Å². The Kier molecular flexibility index (Phi) is 8.06. The molecule has 2 rings (SSSR count). The van der Waals surface area contributed by atoms with Gasteiger partial charge in [-0.1, -0.05) is 18.2 Å². The summed E-state index contributed by atoms with van der Waals surface area (Å²) in [6, 6.07) is 10.1. The SMILES string of the molecule is COc1ccc(CCC(O)c2cccc(OCC(=O)OC(C)(C)C)c2)c(F)c1OC. The summed E-state index contributed by atoms with van der Waals surface area (Å²) in [5, 5.41) is 10.5. The molecule has 2 aromatic carbocycles. The first kappa shape index (κ1) is 23.5. The van der Waals surface area contributed by atoms with Crippen LogP contribution in [0.3, 0.4) is 0 Å². The Morgan fingerprint density at radius 3 is 2.50 bits per heavy atom. The molecule has 30 heavy (non-hydrogen) atoms. The summed E-state index contributed by atoms with van der Waals surface area (Å²) >= 11 is 0. The minimum Gasteiger partial charge on any atom is -0.493 e. The van der Waals surface area contributed by atoms with Crippen molar-refractivity contribution >= 4 is 5.97 Å². The number of hydrogen-bond donors (Lipinski definition) is 1. The molecule has 7 heteroatoms. The molecule has 0 saturated carbocycles. The number of carbonyl (C=O) groups excluding carboxylic acids is 1. The molecule has 0 aliphatic carbocycles. The molecule has 0 bridgehead atoms. The molecule has 0 spiro atoms. The lowest BCUT2D eigenvalue weighted by atomic mass is 10.0. The predicted molar refractivity (Wildman–Crippen MR) is 111 cm³/mol. The molecule has 1 unspecified atom stereocenters. The van der Waals surface area contributed by atoms with Crippen molar-refractivity contribution < 1.29 is 33.2 Å². The van der Waals surface area contributed by atoms with Gasteiger partial charge in [-0.15, -0.1) is 0 Å². The van der Waals surface area contributed by atoms with Crippen LogP contribution in [0.5, 0.6) is 17.2 Å². The van der Waals surface area contributed by atoms with Gasteiger partial charge in [0.25, 0.3) is 0 Å². The van der Waals surface area contributed by atoms with Gasteiger partial charge in [-0.3, -0.25) is 0 Å². The normalized spacial score (nSPS) is 12.2. The number of aliphatic hydroxyl groups is 1. The molecule has 1 N–H and O–H groups in total. The maximum absolute atomic E-state index is 14.6. The van der Waals surface area contributed by atoms with Crippen LogP contribution in [-0.4, -0.2) is 37.5 Å². The van der Waals surface area contributed by atoms with Gasteiger partial charge in [0, 0.05) is 0 Å². The number of ether oxygens (including phenoxy) is 4. The van der Waals surface area contributed by atoms with Crippen molar-refractivity contribution in [2.45, 2.75) is 45.3 Å². The average Bonchev–Trinajstić information content (AvgIpc) is 2.69. The van der Waals surface area contributed by atoms with Gasteiger partial charge in [0.1, 0.15) is 11.4 Å². The van der Waals surface area contributed by atoms with Crippen LogP contribution in [0.15, 0.2) is 36.4 Å². The van der Waals surface area contributed by atoms with Crippen molar-refractivity contribution in [2.75, 3.05) is 20.8 Å². The second-order valence-electron chi connectivity index (χ2n) is 7.78. The third-order valence-corrected chi connectivity index (χ3v) is 4.27. The fraction of sp³-hybridized carbons (Fsp3) is 0.435. The number of aryl methyl sites for hydroxylation is 1. The van der Waals surface area contributed by atoms with E-state index < -0.39 is 23.5 Å². The van der Waals surface area contributed by atoms with E-state index in [2.05, 4.69) is 0 Å². The Hall–Kier alpha value is -2.80. The highest BCUT2D eigenvalue weighted by Gasteiger charge is 2.18. The number of carbonyl (C=O) groups is 1. The van der Waals surface area contributed by atoms with Gasteiger partial charge in [-0.2, -0.15) is 0 Å². The van der Waals surface area contributed by atoms with E-state index in [1.54, 1.807) is 57.2 Å². The smallest absolute Gasteiger partial charge is 0.344 e. The molecule has 0 aromatic heterocycles. The van der Waals surface area contributed by atoms with Gasteiger partial charge in [0.2, 0.25) is 0 Å². The third kappa shape index (κ3) is 6.62. The van der Waals surface area contributed by atoms with Gasteiger partial charge in [-0.25, -0.2) is 9.18 Å². The highest BCUT2D eigenvalue weighted by Crippen LogP contribution is 2.33. The zero-order valence-corrected chi connectivity index (χ0v) is 18.0. The highest BCUT2D eigenvalue weighted by molar-refractivity contribution is 5.71. The average molecular weight is 420 g/mol. The Bertz CT molecular complexity index is 859. The summed E-state index contributed by atoms with van der Waals surface area (Å²) in [5.74, 6) is -0.179. The van der Waals surface area contributed by atoms with Crippen LogP contribution in [0, 0.1) is 5.82 Å². The summed E-state index contributed by atoms with van der Waals surface area (Å²) in [7, 11) is 2.82. The van der Waals surface area contributed by atoms with Crippen LogP contribution in [-0.2, 0) is 16.0 Å². The lowest BCUT2D eigenvalue weighted by molar-refractivity contribution is -0.157. The van der Waals surface area contributed by atoms with Crippen molar-refractivity contribution in [1.82, 2.24) is 0 Å². The summed E-state index contributed by atoms with van der Waals surface area (Å²) in [6.07, 6.45) is -0.235. The first-order valence-corrected chi connectivity index (χ1v) is 9.66. The number of benzene rings is 2. The van der Waals surface area contributed by atoms with Crippen LogP contribution < -0.4 is 14.2 Å². The molecule has 0 aliphatic heterocycles. The Morgan fingerprint density at radius 2 is 1.87 bits per heavy atom. The number of rotatable bonds is 9. The van der Waals surface area contributed by atoms with Crippen molar-refractivity contribution in [1.29, 1.82) is 0 Å². The standard InChI is InChI=1S/C23H29FO6/c1-23(2,3)30-20(26)14-29-17-8-6-7-16(13-17)18(25)11-9-15-10-12-19(27-4)22(28-5)21(15)24/h6-8,10,12-13,18,25H,9,11,14H2,1-5H3. The molecule has 0 radical (unpaired) electrons. The van der Waals surface area contributed by atoms with Crippen molar-refractivity contribution in [2.24, 2.45) is 0 Å². The summed E-state index contributed by atoms with van der Waals surface area (Å²) in [5.41, 5.74) is 0.444. The van der Waals surface area contributed by atoms with Crippen LogP contribution in [0.25, 0.3) is 0 Å². The first-order valence-electron chi connectivity index (χ1n) is 9.66. The molecule has 164 valence electrons. The highest BCUT2D eigenvalue weighted by atomic mass is 19.1. The zero-order valence-electron chi connectivity index (χ0n) is 18.0. The van der Waals surface area contributed by atoms with Gasteiger partial charge >= 0.3 is 5.97 Å². The van der Waals surface area contributed by atoms with E-state index in [4.69, 9.17) is 18.9 Å². The molecule has 0 fully saturated rings. The summed E-state index contributed by atoms with van der Waals surface area (Å²) < 4.78 is 35.4. The van der Waals surface area contributed by atoms with Crippen molar-refractivity contribution in [3.8, 4) is 17.2 Å². The minimum absolute atomic E-state index is 0.0435. The summed E-state index contributed by atoms with van der Waals surface area (Å²) in [6.45, 7) is 5.11. The zero-order chi connectivity index (χ0) is 22.3. The van der Waals surface area contributed by atoms with E-state index in [9.17, 15) is 14.3 Å². The number of esters is 1. The van der Waals surface area contributed by atoms with Crippen LogP contribution in [0.2, 0.25) is 0 Å². The Balaban J connectivity index is 1.99. The predicted octanol–water partition coefficient (Wildman–Crippen LogP) is 4.23. The number of methoxy groups -OCH3 is 2. The maximum Gasteiger partial charge on any atom is 0.344 e. The van der Waals surface area contributed by atoms with E-state index >= 15 is 0 Å². The number of hydrogen-bond acceptors (Lipinski definition) is 6. The molecule has 0 amide bonds. The van der Waals surface area contributed by atoms with Crippen LogP contribution in [0.1, 0.15) is 44.4 Å².